The van der Waals surface area contributed by atoms with Crippen molar-refractivity contribution >= 4 is 27.3 Å². The highest BCUT2D eigenvalue weighted by Crippen LogP contribution is 2.31. The molecule has 116 valence electrons. The molecule has 0 atom stereocenters. The van der Waals surface area contributed by atoms with Gasteiger partial charge in [0.1, 0.15) is 0 Å². The summed E-state index contributed by atoms with van der Waals surface area (Å²) in [6.07, 6.45) is 5.30. The van der Waals surface area contributed by atoms with Gasteiger partial charge in [0.05, 0.1) is 11.1 Å². The van der Waals surface area contributed by atoms with E-state index >= 15 is 0 Å². The van der Waals surface area contributed by atoms with Crippen LogP contribution in [-0.2, 0) is 22.9 Å². The number of fused-ring (bicyclic) bond motifs is 1. The molecule has 2 aliphatic rings. The molecular weight excluding hydrogens is 308 g/mol. The van der Waals surface area contributed by atoms with E-state index in [1.54, 1.807) is 16.2 Å². The number of rotatable bonds is 2. The summed E-state index contributed by atoms with van der Waals surface area (Å²) in [4.78, 5) is 16.5. The van der Waals surface area contributed by atoms with E-state index < -0.39 is 10.0 Å². The molecular formula is C14H20N2O3S2. The lowest BCUT2D eigenvalue weighted by Crippen LogP contribution is -2.36. The predicted octanol–water partition coefficient (Wildman–Crippen LogP) is 1.34. The van der Waals surface area contributed by atoms with Crippen molar-refractivity contribution in [1.82, 2.24) is 9.21 Å². The van der Waals surface area contributed by atoms with Gasteiger partial charge in [0.15, 0.2) is 0 Å². The van der Waals surface area contributed by atoms with Crippen molar-refractivity contribution in [3.8, 4) is 0 Å². The molecule has 1 saturated heterocycles. The maximum absolute atomic E-state index is 12.6. The van der Waals surface area contributed by atoms with Gasteiger partial charge in [-0.05, 0) is 37.3 Å². The van der Waals surface area contributed by atoms with Crippen LogP contribution in [0.5, 0.6) is 0 Å². The SMILES string of the molecule is CS(=O)(=O)N1CCCN(C(=O)c2cc3c(s2)CCC3)CC1. The Hall–Kier alpha value is -0.920. The van der Waals surface area contributed by atoms with Gasteiger partial charge in [-0.15, -0.1) is 11.3 Å². The molecule has 3 rings (SSSR count). The summed E-state index contributed by atoms with van der Waals surface area (Å²) in [6, 6.07) is 2.04. The van der Waals surface area contributed by atoms with Crippen LogP contribution in [0.15, 0.2) is 6.07 Å². The molecule has 1 amide bonds. The van der Waals surface area contributed by atoms with Crippen LogP contribution in [0.1, 0.15) is 33.0 Å². The zero-order valence-corrected chi connectivity index (χ0v) is 13.8. The van der Waals surface area contributed by atoms with Crippen molar-refractivity contribution in [3.05, 3.63) is 21.4 Å². The predicted molar refractivity (Wildman–Crippen MR) is 83.3 cm³/mol. The largest absolute Gasteiger partial charge is 0.337 e. The molecule has 21 heavy (non-hydrogen) atoms. The molecule has 2 heterocycles. The second-order valence-corrected chi connectivity index (χ2v) is 8.84. The zero-order valence-electron chi connectivity index (χ0n) is 12.2. The molecule has 1 aromatic rings. The van der Waals surface area contributed by atoms with Crippen LogP contribution in [0.25, 0.3) is 0 Å². The summed E-state index contributed by atoms with van der Waals surface area (Å²) in [5, 5.41) is 0. The van der Waals surface area contributed by atoms with Gasteiger partial charge >= 0.3 is 0 Å². The summed E-state index contributed by atoms with van der Waals surface area (Å²) in [5.41, 5.74) is 1.33. The van der Waals surface area contributed by atoms with E-state index in [0.717, 1.165) is 17.7 Å². The van der Waals surface area contributed by atoms with Gasteiger partial charge in [-0.25, -0.2) is 12.7 Å². The van der Waals surface area contributed by atoms with Gasteiger partial charge in [-0.2, -0.15) is 0 Å². The van der Waals surface area contributed by atoms with Crippen LogP contribution in [0.2, 0.25) is 0 Å². The Morgan fingerprint density at radius 2 is 1.95 bits per heavy atom. The van der Waals surface area contributed by atoms with Crippen LogP contribution in [0.4, 0.5) is 0 Å². The Kier molecular flexibility index (Phi) is 4.07. The van der Waals surface area contributed by atoms with Gasteiger partial charge < -0.3 is 4.90 Å². The lowest BCUT2D eigenvalue weighted by molar-refractivity contribution is 0.0769. The van der Waals surface area contributed by atoms with E-state index in [1.165, 1.54) is 27.4 Å². The number of aryl methyl sites for hydroxylation is 2. The number of nitrogens with zero attached hydrogens (tertiary/aromatic N) is 2. The second kappa shape index (κ2) is 5.70. The molecule has 7 heteroatoms. The molecule has 0 unspecified atom stereocenters. The minimum atomic E-state index is -3.16. The molecule has 0 aromatic carbocycles. The summed E-state index contributed by atoms with van der Waals surface area (Å²) in [5.74, 6) is 0.0600. The van der Waals surface area contributed by atoms with Crippen molar-refractivity contribution in [2.45, 2.75) is 25.7 Å². The number of carbonyl (C=O) groups is 1. The maximum atomic E-state index is 12.6. The summed E-state index contributed by atoms with van der Waals surface area (Å²) >= 11 is 1.61. The third kappa shape index (κ3) is 3.14. The summed E-state index contributed by atoms with van der Waals surface area (Å²) < 4.78 is 24.7. The first-order chi connectivity index (χ1) is 9.95. The highest BCUT2D eigenvalue weighted by atomic mass is 32.2. The smallest absolute Gasteiger partial charge is 0.263 e. The molecule has 1 aliphatic heterocycles. The average molecular weight is 328 g/mol. The topological polar surface area (TPSA) is 57.7 Å². The van der Waals surface area contributed by atoms with Crippen molar-refractivity contribution in [3.63, 3.8) is 0 Å². The number of hydrogen-bond donors (Lipinski definition) is 0. The van der Waals surface area contributed by atoms with Crippen LogP contribution in [0, 0.1) is 0 Å². The van der Waals surface area contributed by atoms with E-state index in [4.69, 9.17) is 0 Å². The van der Waals surface area contributed by atoms with Gasteiger partial charge in [0.25, 0.3) is 5.91 Å². The van der Waals surface area contributed by atoms with E-state index in [0.29, 0.717) is 32.6 Å². The standard InChI is InChI=1S/C14H20N2O3S2/c1-21(18,19)16-7-3-6-15(8-9-16)14(17)13-10-11-4-2-5-12(11)20-13/h10H,2-9H2,1H3. The van der Waals surface area contributed by atoms with Gasteiger partial charge in [0.2, 0.25) is 10.0 Å². The third-order valence-corrected chi connectivity index (χ3v) is 6.70. The van der Waals surface area contributed by atoms with E-state index in [-0.39, 0.29) is 5.91 Å². The maximum Gasteiger partial charge on any atom is 0.263 e. The fourth-order valence-corrected chi connectivity index (χ4v) is 5.11. The Balaban J connectivity index is 1.70. The molecule has 5 nitrogen and oxygen atoms in total. The first kappa shape index (κ1) is 15.0. The van der Waals surface area contributed by atoms with Crippen LogP contribution in [-0.4, -0.2) is 56.0 Å². The van der Waals surface area contributed by atoms with Crippen molar-refractivity contribution in [1.29, 1.82) is 0 Å². The first-order valence-corrected chi connectivity index (χ1v) is 9.97. The minimum Gasteiger partial charge on any atom is -0.337 e. The number of amides is 1. The Bertz CT molecular complexity index is 630. The Labute approximate surface area is 129 Å². The fraction of sp³-hybridized carbons (Fsp3) is 0.643. The first-order valence-electron chi connectivity index (χ1n) is 7.31. The van der Waals surface area contributed by atoms with Gasteiger partial charge in [-0.1, -0.05) is 0 Å². The quantitative estimate of drug-likeness (QED) is 0.823. The van der Waals surface area contributed by atoms with Crippen molar-refractivity contribution in [2.75, 3.05) is 32.4 Å². The Morgan fingerprint density at radius 1 is 1.14 bits per heavy atom. The fourth-order valence-electron chi connectivity index (χ4n) is 3.02. The highest BCUT2D eigenvalue weighted by Gasteiger charge is 2.26. The molecule has 1 fully saturated rings. The Morgan fingerprint density at radius 3 is 2.67 bits per heavy atom. The van der Waals surface area contributed by atoms with Crippen molar-refractivity contribution < 1.29 is 13.2 Å². The molecule has 0 bridgehead atoms. The van der Waals surface area contributed by atoms with E-state index in [2.05, 4.69) is 0 Å². The molecule has 0 N–H and O–H groups in total. The molecule has 1 aliphatic carbocycles. The van der Waals surface area contributed by atoms with Gasteiger partial charge in [0, 0.05) is 31.1 Å². The average Bonchev–Trinajstić information content (AvgIpc) is 2.89. The van der Waals surface area contributed by atoms with E-state index in [9.17, 15) is 13.2 Å². The summed E-state index contributed by atoms with van der Waals surface area (Å²) in [6.45, 7) is 2.01. The van der Waals surface area contributed by atoms with E-state index in [1.807, 2.05) is 6.07 Å². The lowest BCUT2D eigenvalue weighted by Gasteiger charge is -2.20. The number of thiophene rings is 1. The monoisotopic (exact) mass is 328 g/mol. The van der Waals surface area contributed by atoms with Crippen molar-refractivity contribution in [2.24, 2.45) is 0 Å². The molecule has 0 spiro atoms. The van der Waals surface area contributed by atoms with Crippen LogP contribution >= 0.6 is 11.3 Å². The van der Waals surface area contributed by atoms with Crippen LogP contribution in [0.3, 0.4) is 0 Å². The minimum absolute atomic E-state index is 0.0600. The zero-order chi connectivity index (χ0) is 15.0. The lowest BCUT2D eigenvalue weighted by atomic mass is 10.2. The highest BCUT2D eigenvalue weighted by molar-refractivity contribution is 7.88. The van der Waals surface area contributed by atoms with Crippen LogP contribution < -0.4 is 0 Å². The van der Waals surface area contributed by atoms with Gasteiger partial charge in [-0.3, -0.25) is 4.79 Å². The number of carbonyl (C=O) groups excluding carboxylic acids is 1. The molecule has 1 aromatic heterocycles. The molecule has 0 radical (unpaired) electrons. The molecule has 0 saturated carbocycles. The third-order valence-electron chi connectivity index (χ3n) is 4.17. The number of sulfonamides is 1. The number of hydrogen-bond acceptors (Lipinski definition) is 4. The normalized spacial score (nSPS) is 20.3. The second-order valence-electron chi connectivity index (χ2n) is 5.72. The summed E-state index contributed by atoms with van der Waals surface area (Å²) in [7, 11) is -3.16.